The third-order valence-electron chi connectivity index (χ3n) is 4.06. The van der Waals surface area contributed by atoms with Gasteiger partial charge in [0.25, 0.3) is 5.91 Å². The number of ether oxygens (including phenoxy) is 1. The van der Waals surface area contributed by atoms with Crippen LogP contribution in [0.3, 0.4) is 0 Å². The summed E-state index contributed by atoms with van der Waals surface area (Å²) in [5.74, 6) is -1.10. The maximum Gasteiger partial charge on any atom is 0.309 e. The van der Waals surface area contributed by atoms with Gasteiger partial charge in [-0.1, -0.05) is 42.5 Å². The normalized spacial score (nSPS) is 17.8. The van der Waals surface area contributed by atoms with E-state index < -0.39 is 11.9 Å². The molecule has 1 amide bonds. The van der Waals surface area contributed by atoms with Gasteiger partial charge in [-0.2, -0.15) is 0 Å². The first-order valence-electron chi connectivity index (χ1n) is 8.21. The van der Waals surface area contributed by atoms with Crippen LogP contribution in [0.2, 0.25) is 0 Å². The topological polar surface area (TPSA) is 72.5 Å². The number of hydrogen-bond acceptors (Lipinski definition) is 4. The van der Waals surface area contributed by atoms with Crippen molar-refractivity contribution >= 4 is 17.7 Å². The summed E-state index contributed by atoms with van der Waals surface area (Å²) in [5.41, 5.74) is 0.962. The second kappa shape index (κ2) is 9.01. The molecule has 128 valence electrons. The Hall–Kier alpha value is -2.43. The highest BCUT2D eigenvalue weighted by Gasteiger charge is 2.22. The van der Waals surface area contributed by atoms with Gasteiger partial charge in [-0.15, -0.1) is 0 Å². The molecule has 0 aliphatic heterocycles. The van der Waals surface area contributed by atoms with E-state index in [1.807, 2.05) is 42.5 Å². The molecule has 1 aliphatic carbocycles. The highest BCUT2D eigenvalue weighted by atomic mass is 16.5. The van der Waals surface area contributed by atoms with Gasteiger partial charge < -0.3 is 10.1 Å². The van der Waals surface area contributed by atoms with Gasteiger partial charge in [0.05, 0.1) is 12.0 Å². The van der Waals surface area contributed by atoms with Gasteiger partial charge >= 0.3 is 5.97 Å². The van der Waals surface area contributed by atoms with Crippen molar-refractivity contribution in [1.29, 1.82) is 0 Å². The predicted molar refractivity (Wildman–Crippen MR) is 90.2 cm³/mol. The number of benzene rings is 1. The molecule has 1 aromatic rings. The van der Waals surface area contributed by atoms with Crippen LogP contribution in [0.5, 0.6) is 0 Å². The number of hydrogen-bond donors (Lipinski definition) is 1. The van der Waals surface area contributed by atoms with Gasteiger partial charge in [0, 0.05) is 0 Å². The molecular formula is C19H23NO4. The Morgan fingerprint density at radius 2 is 1.96 bits per heavy atom. The van der Waals surface area contributed by atoms with Gasteiger partial charge in [0.15, 0.2) is 12.4 Å². The third-order valence-corrected chi connectivity index (χ3v) is 4.06. The maximum atomic E-state index is 12.0. The van der Waals surface area contributed by atoms with E-state index >= 15 is 0 Å². The fourth-order valence-electron chi connectivity index (χ4n) is 2.64. The summed E-state index contributed by atoms with van der Waals surface area (Å²) in [6.45, 7) is 1.09. The fourth-order valence-corrected chi connectivity index (χ4v) is 2.64. The van der Waals surface area contributed by atoms with Crippen molar-refractivity contribution in [2.45, 2.75) is 38.6 Å². The average Bonchev–Trinajstić information content (AvgIpc) is 2.60. The smallest absolute Gasteiger partial charge is 0.309 e. The van der Waals surface area contributed by atoms with Crippen LogP contribution >= 0.6 is 0 Å². The minimum atomic E-state index is -0.615. The maximum absolute atomic E-state index is 12.0. The fraction of sp³-hybridized carbons (Fsp3) is 0.421. The molecule has 1 N–H and O–H groups in total. The van der Waals surface area contributed by atoms with Crippen LogP contribution in [0.25, 0.3) is 0 Å². The van der Waals surface area contributed by atoms with Crippen LogP contribution in [-0.2, 0) is 25.5 Å². The summed E-state index contributed by atoms with van der Waals surface area (Å²) < 4.78 is 5.08. The van der Waals surface area contributed by atoms with Gasteiger partial charge in [0.2, 0.25) is 0 Å². The summed E-state index contributed by atoms with van der Waals surface area (Å²) in [4.78, 5) is 35.6. The number of amides is 1. The highest BCUT2D eigenvalue weighted by molar-refractivity contribution is 5.89. The molecule has 1 aromatic carbocycles. The van der Waals surface area contributed by atoms with Crippen molar-refractivity contribution < 1.29 is 19.1 Å². The van der Waals surface area contributed by atoms with Crippen molar-refractivity contribution in [2.24, 2.45) is 5.92 Å². The summed E-state index contributed by atoms with van der Waals surface area (Å²) in [6, 6.07) is 8.85. The molecule has 0 radical (unpaired) electrons. The summed E-state index contributed by atoms with van der Waals surface area (Å²) in [6.07, 6.45) is 6.68. The number of allylic oxidation sites excluding steroid dienone is 2. The zero-order valence-corrected chi connectivity index (χ0v) is 13.9. The summed E-state index contributed by atoms with van der Waals surface area (Å²) in [5, 5.41) is 2.64. The van der Waals surface area contributed by atoms with Crippen LogP contribution in [0.15, 0.2) is 42.5 Å². The number of Topliss-reactive ketones (excluding diaryl/α,β-unsaturated/α-hetero) is 1. The molecule has 24 heavy (non-hydrogen) atoms. The first-order chi connectivity index (χ1) is 11.6. The average molecular weight is 329 g/mol. The molecular weight excluding hydrogens is 306 g/mol. The molecule has 0 saturated carbocycles. The molecule has 0 fully saturated rings. The lowest BCUT2D eigenvalue weighted by Crippen LogP contribution is -2.43. The molecule has 5 nitrogen and oxygen atoms in total. The lowest BCUT2D eigenvalue weighted by molar-refractivity contribution is -0.153. The first-order valence-corrected chi connectivity index (χ1v) is 8.21. The molecule has 0 heterocycles. The molecule has 0 bridgehead atoms. The summed E-state index contributed by atoms with van der Waals surface area (Å²) in [7, 11) is 0. The number of esters is 1. The number of carbonyl (C=O) groups excluding carboxylic acids is 3. The highest BCUT2D eigenvalue weighted by Crippen LogP contribution is 2.19. The molecule has 1 aliphatic rings. The Balaban J connectivity index is 1.81. The lowest BCUT2D eigenvalue weighted by atomic mass is 9.95. The monoisotopic (exact) mass is 329 g/mol. The van der Waals surface area contributed by atoms with Crippen LogP contribution < -0.4 is 5.32 Å². The van der Waals surface area contributed by atoms with Crippen molar-refractivity contribution in [2.75, 3.05) is 6.61 Å². The van der Waals surface area contributed by atoms with Gasteiger partial charge in [-0.3, -0.25) is 14.4 Å². The van der Waals surface area contributed by atoms with Crippen LogP contribution in [-0.4, -0.2) is 30.3 Å². The minimum absolute atomic E-state index is 0.129. The number of carbonyl (C=O) groups is 3. The van der Waals surface area contributed by atoms with E-state index in [0.29, 0.717) is 12.8 Å². The van der Waals surface area contributed by atoms with Crippen molar-refractivity contribution in [3.63, 3.8) is 0 Å². The predicted octanol–water partition coefficient (Wildman–Crippen LogP) is 2.20. The largest absolute Gasteiger partial charge is 0.455 e. The quantitative estimate of drug-likeness (QED) is 0.615. The Kier molecular flexibility index (Phi) is 6.73. The van der Waals surface area contributed by atoms with E-state index in [1.54, 1.807) is 0 Å². The van der Waals surface area contributed by atoms with E-state index in [1.165, 1.54) is 6.92 Å². The minimum Gasteiger partial charge on any atom is -0.455 e. The number of ketones is 1. The van der Waals surface area contributed by atoms with Gasteiger partial charge in [-0.05, 0) is 38.2 Å². The SMILES string of the molecule is CC(=O)[C@@H](Cc1ccccc1)NC(=O)COC(=O)[C@@H]1CC=CCC1. The second-order valence-corrected chi connectivity index (χ2v) is 6.01. The molecule has 0 saturated heterocycles. The molecule has 0 aromatic heterocycles. The van der Waals surface area contributed by atoms with Crippen molar-refractivity contribution in [3.8, 4) is 0 Å². The van der Waals surface area contributed by atoms with Crippen LogP contribution in [0.1, 0.15) is 31.7 Å². The zero-order valence-electron chi connectivity index (χ0n) is 13.9. The Bertz CT molecular complexity index is 609. The number of nitrogens with one attached hydrogen (secondary N) is 1. The summed E-state index contributed by atoms with van der Waals surface area (Å²) >= 11 is 0. The first kappa shape index (κ1) is 17.9. The van der Waals surface area contributed by atoms with Crippen molar-refractivity contribution in [3.05, 3.63) is 48.0 Å². The van der Waals surface area contributed by atoms with E-state index in [9.17, 15) is 14.4 Å². The lowest BCUT2D eigenvalue weighted by Gasteiger charge is -2.18. The number of rotatable bonds is 7. The van der Waals surface area contributed by atoms with E-state index in [2.05, 4.69) is 5.32 Å². The molecule has 2 rings (SSSR count). The van der Waals surface area contributed by atoms with E-state index in [-0.39, 0.29) is 24.3 Å². The van der Waals surface area contributed by atoms with Gasteiger partial charge in [-0.25, -0.2) is 0 Å². The Labute approximate surface area is 142 Å². The van der Waals surface area contributed by atoms with Crippen molar-refractivity contribution in [1.82, 2.24) is 5.32 Å². The zero-order chi connectivity index (χ0) is 17.4. The third kappa shape index (κ3) is 5.65. The van der Waals surface area contributed by atoms with Crippen LogP contribution in [0.4, 0.5) is 0 Å². The molecule has 5 heteroatoms. The van der Waals surface area contributed by atoms with E-state index in [0.717, 1.165) is 18.4 Å². The van der Waals surface area contributed by atoms with E-state index in [4.69, 9.17) is 4.74 Å². The molecule has 0 unspecified atom stereocenters. The van der Waals surface area contributed by atoms with Crippen LogP contribution in [0, 0.1) is 5.92 Å². The molecule has 2 atom stereocenters. The van der Waals surface area contributed by atoms with Gasteiger partial charge in [0.1, 0.15) is 0 Å². The Morgan fingerprint density at radius 1 is 1.21 bits per heavy atom. The standard InChI is InChI=1S/C19H23NO4/c1-14(21)17(12-15-8-4-2-5-9-15)20-18(22)13-24-19(23)16-10-6-3-7-11-16/h2-6,8-9,16-17H,7,10-13H2,1H3,(H,20,22)/t16-,17-/m1/s1. The Morgan fingerprint density at radius 3 is 2.58 bits per heavy atom. The molecule has 0 spiro atoms. The second-order valence-electron chi connectivity index (χ2n) is 6.01.